The first-order valence-electron chi connectivity index (χ1n) is 6.04. The Labute approximate surface area is 125 Å². The second-order valence-corrected chi connectivity index (χ2v) is 8.08. The molecule has 0 saturated heterocycles. The van der Waals surface area contributed by atoms with Gasteiger partial charge in [0.15, 0.2) is 0 Å². The summed E-state index contributed by atoms with van der Waals surface area (Å²) in [5.41, 5.74) is 0. The summed E-state index contributed by atoms with van der Waals surface area (Å²) in [5, 5.41) is 8.85. The zero-order valence-electron chi connectivity index (χ0n) is 10.9. The van der Waals surface area contributed by atoms with Gasteiger partial charge in [-0.15, -0.1) is 0 Å². The lowest BCUT2D eigenvalue weighted by molar-refractivity contribution is -0.155. The summed E-state index contributed by atoms with van der Waals surface area (Å²) < 4.78 is 3.35. The van der Waals surface area contributed by atoms with Gasteiger partial charge in [0.05, 0.1) is 0 Å². The highest BCUT2D eigenvalue weighted by Gasteiger charge is 2.43. The summed E-state index contributed by atoms with van der Waals surface area (Å²) in [6.07, 6.45) is 3.25. The fraction of sp³-hybridized carbons (Fsp3) is 0.833. The molecule has 0 bridgehead atoms. The van der Waals surface area contributed by atoms with Crippen LogP contribution in [0.3, 0.4) is 0 Å². The van der Waals surface area contributed by atoms with Crippen LogP contribution in [0.1, 0.15) is 46.5 Å². The molecule has 0 aromatic carbocycles. The van der Waals surface area contributed by atoms with Crippen LogP contribution >= 0.6 is 31.9 Å². The van der Waals surface area contributed by atoms with Gasteiger partial charge in [0.25, 0.3) is 3.23 Å². The fourth-order valence-electron chi connectivity index (χ4n) is 1.41. The number of rotatable bonds is 8. The lowest BCUT2D eigenvalue weighted by atomic mass is 10.0. The molecule has 0 amide bonds. The van der Waals surface area contributed by atoms with Gasteiger partial charge in [-0.25, -0.2) is 9.59 Å². The molecule has 6 heteroatoms. The van der Waals surface area contributed by atoms with Crippen LogP contribution in [0.2, 0.25) is 0 Å². The average Bonchev–Trinajstić information content (AvgIpc) is 2.26. The van der Waals surface area contributed by atoms with Crippen LogP contribution in [0, 0.1) is 5.92 Å². The number of esters is 1. The third kappa shape index (κ3) is 6.18. The van der Waals surface area contributed by atoms with E-state index in [1.54, 1.807) is 0 Å². The van der Waals surface area contributed by atoms with E-state index in [0.29, 0.717) is 12.3 Å². The summed E-state index contributed by atoms with van der Waals surface area (Å²) in [6.45, 7) is 6.19. The van der Waals surface area contributed by atoms with Gasteiger partial charge in [-0.1, -0.05) is 27.2 Å². The zero-order valence-corrected chi connectivity index (χ0v) is 14.1. The smallest absolute Gasteiger partial charge is 0.345 e. The van der Waals surface area contributed by atoms with Crippen LogP contribution in [0.15, 0.2) is 0 Å². The van der Waals surface area contributed by atoms with Crippen LogP contribution in [-0.4, -0.2) is 26.4 Å². The van der Waals surface area contributed by atoms with E-state index in [2.05, 4.69) is 45.7 Å². The van der Waals surface area contributed by atoms with Gasteiger partial charge in [0.2, 0.25) is 0 Å². The van der Waals surface area contributed by atoms with Crippen molar-refractivity contribution in [2.24, 2.45) is 5.92 Å². The number of alkyl halides is 2. The van der Waals surface area contributed by atoms with Crippen molar-refractivity contribution in [3.63, 3.8) is 0 Å². The van der Waals surface area contributed by atoms with Crippen LogP contribution < -0.4 is 0 Å². The van der Waals surface area contributed by atoms with Crippen molar-refractivity contribution in [3.8, 4) is 0 Å². The van der Waals surface area contributed by atoms with Gasteiger partial charge in [0.1, 0.15) is 6.10 Å². The third-order valence-electron chi connectivity index (χ3n) is 2.56. The molecule has 0 aromatic heterocycles. The Morgan fingerprint density at radius 3 is 2.22 bits per heavy atom. The summed E-state index contributed by atoms with van der Waals surface area (Å²) in [5.74, 6) is -1.51. The van der Waals surface area contributed by atoms with Gasteiger partial charge >= 0.3 is 11.9 Å². The van der Waals surface area contributed by atoms with Crippen LogP contribution in [-0.2, 0) is 14.3 Å². The molecular formula is C12H20Br2O4. The summed E-state index contributed by atoms with van der Waals surface area (Å²) in [4.78, 5) is 22.5. The van der Waals surface area contributed by atoms with Crippen molar-refractivity contribution in [3.05, 3.63) is 0 Å². The SMILES string of the molecule is CCC(CCCC(C)C)OC(=O)C(Br)(Br)C(=O)O. The predicted molar refractivity (Wildman–Crippen MR) is 77.1 cm³/mol. The number of carboxylic acid groups (broad SMARTS) is 1. The molecule has 0 heterocycles. The van der Waals surface area contributed by atoms with Gasteiger partial charge in [0, 0.05) is 0 Å². The average molecular weight is 388 g/mol. The predicted octanol–water partition coefficient (Wildman–Crippen LogP) is 3.71. The Morgan fingerprint density at radius 2 is 1.83 bits per heavy atom. The number of aliphatic carboxylic acids is 1. The summed E-state index contributed by atoms with van der Waals surface area (Å²) >= 11 is 5.61. The summed E-state index contributed by atoms with van der Waals surface area (Å²) in [6, 6.07) is 0. The second-order valence-electron chi connectivity index (χ2n) is 4.64. The molecule has 0 rings (SSSR count). The normalized spacial score (nSPS) is 13.4. The van der Waals surface area contributed by atoms with E-state index >= 15 is 0 Å². The van der Waals surface area contributed by atoms with Crippen LogP contribution in [0.25, 0.3) is 0 Å². The number of halogens is 2. The molecule has 1 atom stereocenters. The lowest BCUT2D eigenvalue weighted by Crippen LogP contribution is -2.38. The fourth-order valence-corrected chi connectivity index (χ4v) is 1.60. The Balaban J connectivity index is 4.28. The topological polar surface area (TPSA) is 63.6 Å². The number of hydrogen-bond acceptors (Lipinski definition) is 3. The summed E-state index contributed by atoms with van der Waals surface area (Å²) in [7, 11) is 0. The van der Waals surface area contributed by atoms with E-state index in [4.69, 9.17) is 9.84 Å². The maximum Gasteiger partial charge on any atom is 0.345 e. The van der Waals surface area contributed by atoms with Gasteiger partial charge in [-0.2, -0.15) is 0 Å². The van der Waals surface area contributed by atoms with Crippen molar-refractivity contribution >= 4 is 43.8 Å². The first-order chi connectivity index (χ1) is 8.21. The number of hydrogen-bond donors (Lipinski definition) is 1. The van der Waals surface area contributed by atoms with Crippen molar-refractivity contribution in [1.82, 2.24) is 0 Å². The van der Waals surface area contributed by atoms with Crippen molar-refractivity contribution in [2.75, 3.05) is 0 Å². The van der Waals surface area contributed by atoms with Crippen LogP contribution in [0.5, 0.6) is 0 Å². The lowest BCUT2D eigenvalue weighted by Gasteiger charge is -2.20. The monoisotopic (exact) mass is 386 g/mol. The molecule has 106 valence electrons. The minimum Gasteiger partial charge on any atom is -0.479 e. The minimum atomic E-state index is -1.84. The van der Waals surface area contributed by atoms with Crippen molar-refractivity contribution < 1.29 is 19.4 Å². The maximum atomic E-state index is 11.7. The van der Waals surface area contributed by atoms with Gasteiger partial charge in [-0.3, -0.25) is 0 Å². The number of ether oxygens (including phenoxy) is 1. The zero-order chi connectivity index (χ0) is 14.3. The molecule has 0 saturated carbocycles. The molecule has 0 aromatic rings. The first-order valence-corrected chi connectivity index (χ1v) is 7.62. The molecule has 0 aliphatic carbocycles. The van der Waals surface area contributed by atoms with Gasteiger partial charge in [-0.05, 0) is 57.0 Å². The second kappa shape index (κ2) is 8.15. The molecule has 0 spiro atoms. The van der Waals surface area contributed by atoms with Crippen molar-refractivity contribution in [1.29, 1.82) is 0 Å². The largest absolute Gasteiger partial charge is 0.479 e. The highest BCUT2D eigenvalue weighted by Crippen LogP contribution is 2.29. The first kappa shape index (κ1) is 17.9. The molecule has 18 heavy (non-hydrogen) atoms. The molecule has 0 aliphatic rings. The minimum absolute atomic E-state index is 0.231. The Kier molecular flexibility index (Phi) is 8.10. The molecule has 1 unspecified atom stereocenters. The van der Waals surface area contributed by atoms with E-state index in [-0.39, 0.29) is 6.10 Å². The molecule has 0 fully saturated rings. The molecular weight excluding hydrogens is 368 g/mol. The Morgan fingerprint density at radius 1 is 1.28 bits per heavy atom. The van der Waals surface area contributed by atoms with Crippen molar-refractivity contribution in [2.45, 2.75) is 55.8 Å². The standard InChI is InChI=1S/C12H20Br2O4/c1-4-9(7-5-6-8(2)3)18-11(17)12(13,14)10(15)16/h8-9H,4-7H2,1-3H3,(H,15,16). The molecule has 4 nitrogen and oxygen atoms in total. The Bertz CT molecular complexity index is 290. The molecule has 0 aliphatic heterocycles. The number of carbonyl (C=O) groups is 2. The van der Waals surface area contributed by atoms with Crippen LogP contribution in [0.4, 0.5) is 0 Å². The number of carbonyl (C=O) groups excluding carboxylic acids is 1. The van der Waals surface area contributed by atoms with E-state index in [9.17, 15) is 9.59 Å². The third-order valence-corrected chi connectivity index (χ3v) is 3.89. The van der Waals surface area contributed by atoms with E-state index in [1.807, 2.05) is 6.92 Å². The quantitative estimate of drug-likeness (QED) is 0.391. The van der Waals surface area contributed by atoms with E-state index in [0.717, 1.165) is 19.3 Å². The molecule has 1 N–H and O–H groups in total. The molecule has 0 radical (unpaired) electrons. The Hall–Kier alpha value is -0.100. The van der Waals surface area contributed by atoms with Gasteiger partial charge < -0.3 is 9.84 Å². The number of carboxylic acids is 1. The highest BCUT2D eigenvalue weighted by atomic mass is 79.9. The van der Waals surface area contributed by atoms with E-state index in [1.165, 1.54) is 0 Å². The van der Waals surface area contributed by atoms with E-state index < -0.39 is 15.2 Å². The highest BCUT2D eigenvalue weighted by molar-refractivity contribution is 9.26. The maximum absolute atomic E-state index is 11.7.